The van der Waals surface area contributed by atoms with E-state index >= 15 is 13.2 Å². The first-order chi connectivity index (χ1) is 30.6. The monoisotopic (exact) mass is 818 g/mol. The first kappa shape index (κ1) is 38.3. The van der Waals surface area contributed by atoms with Crippen LogP contribution in [0.2, 0.25) is 0 Å². The van der Waals surface area contributed by atoms with Crippen molar-refractivity contribution >= 4 is 55.0 Å². The van der Waals surface area contributed by atoms with Gasteiger partial charge >= 0.3 is 6.18 Å². The Bertz CT molecular complexity index is 3680. The Kier molecular flexibility index (Phi) is 8.93. The molecule has 2 heterocycles. The van der Waals surface area contributed by atoms with Crippen LogP contribution in [0, 0.1) is 42.7 Å². The van der Waals surface area contributed by atoms with Crippen molar-refractivity contribution in [2.75, 3.05) is 0 Å². The first-order valence-electron chi connectivity index (χ1n) is 19.8. The molecule has 0 spiro atoms. The van der Waals surface area contributed by atoms with Gasteiger partial charge in [-0.2, -0.15) is 23.7 Å². The van der Waals surface area contributed by atoms with E-state index in [9.17, 15) is 10.5 Å². The van der Waals surface area contributed by atoms with Crippen molar-refractivity contribution in [2.45, 2.75) is 13.1 Å². The normalized spacial score (nSPS) is 11.4. The number of rotatable bonds is 5. The van der Waals surface area contributed by atoms with Gasteiger partial charge in [0.05, 0.1) is 64.0 Å². The Morgan fingerprint density at radius 1 is 0.476 bits per heavy atom. The lowest BCUT2D eigenvalue weighted by atomic mass is 9.94. The topological polar surface area (TPSA) is 66.2 Å². The van der Waals surface area contributed by atoms with Crippen LogP contribution in [-0.2, 0) is 6.18 Å². The van der Waals surface area contributed by atoms with Crippen molar-refractivity contribution < 1.29 is 13.2 Å². The maximum absolute atomic E-state index is 15.1. The molecule has 0 aliphatic rings. The number of alkyl halides is 3. The molecule has 0 saturated heterocycles. The van der Waals surface area contributed by atoms with E-state index in [4.69, 9.17) is 13.1 Å². The lowest BCUT2D eigenvalue weighted by molar-refractivity contribution is -0.137. The number of hydrogen-bond acceptors (Lipinski definition) is 2. The average molecular weight is 819 g/mol. The highest BCUT2D eigenvalue weighted by Crippen LogP contribution is 2.44. The van der Waals surface area contributed by atoms with Crippen LogP contribution in [0.15, 0.2) is 158 Å². The third-order valence-electron chi connectivity index (χ3n) is 11.7. The molecular weight excluding hydrogens is 790 g/mol. The van der Waals surface area contributed by atoms with Crippen LogP contribution < -0.4 is 0 Å². The Labute approximate surface area is 359 Å². The van der Waals surface area contributed by atoms with Gasteiger partial charge < -0.3 is 9.13 Å². The van der Waals surface area contributed by atoms with E-state index in [1.807, 2.05) is 115 Å². The summed E-state index contributed by atoms with van der Waals surface area (Å²) in [7, 11) is 0. The van der Waals surface area contributed by atoms with Crippen molar-refractivity contribution in [3.05, 3.63) is 203 Å². The van der Waals surface area contributed by atoms with Crippen LogP contribution in [0.4, 0.5) is 24.5 Å². The van der Waals surface area contributed by atoms with Crippen LogP contribution in [0.5, 0.6) is 0 Å². The molecular formula is C54H29F3N6. The third-order valence-corrected chi connectivity index (χ3v) is 11.7. The van der Waals surface area contributed by atoms with E-state index in [1.165, 1.54) is 6.07 Å². The van der Waals surface area contributed by atoms with Crippen LogP contribution in [-0.4, -0.2) is 9.13 Å². The Balaban J connectivity index is 1.15. The summed E-state index contributed by atoms with van der Waals surface area (Å²) in [5, 5.41) is 22.9. The number of benzene rings is 8. The molecule has 0 radical (unpaired) electrons. The van der Waals surface area contributed by atoms with Gasteiger partial charge in [-0.1, -0.05) is 72.8 Å². The highest BCUT2D eigenvalue weighted by atomic mass is 19.4. The van der Waals surface area contributed by atoms with Crippen LogP contribution in [0.3, 0.4) is 0 Å². The number of aryl methyl sites for hydroxylation is 1. The lowest BCUT2D eigenvalue weighted by Gasteiger charge is -2.19. The van der Waals surface area contributed by atoms with Gasteiger partial charge in [0.15, 0.2) is 11.4 Å². The van der Waals surface area contributed by atoms with Gasteiger partial charge in [-0.25, -0.2) is 9.69 Å². The summed E-state index contributed by atoms with van der Waals surface area (Å²) in [4.78, 5) is 7.12. The van der Waals surface area contributed by atoms with E-state index in [2.05, 4.69) is 26.4 Å². The van der Waals surface area contributed by atoms with E-state index in [-0.39, 0.29) is 5.56 Å². The molecule has 0 aliphatic carbocycles. The Morgan fingerprint density at radius 2 is 0.952 bits per heavy atom. The van der Waals surface area contributed by atoms with Crippen molar-refractivity contribution in [1.82, 2.24) is 9.13 Å². The second-order valence-electron chi connectivity index (χ2n) is 15.4. The minimum atomic E-state index is -4.66. The van der Waals surface area contributed by atoms with Crippen molar-refractivity contribution in [2.24, 2.45) is 0 Å². The zero-order valence-electron chi connectivity index (χ0n) is 33.3. The number of halogens is 3. The second-order valence-corrected chi connectivity index (χ2v) is 15.4. The molecule has 10 aromatic rings. The molecule has 0 aliphatic heterocycles. The number of para-hydroxylation sites is 2. The van der Waals surface area contributed by atoms with Crippen molar-refractivity contribution in [3.8, 4) is 56.9 Å². The largest absolute Gasteiger partial charge is 0.417 e. The number of aromatic nitrogens is 2. The van der Waals surface area contributed by atoms with Gasteiger partial charge in [0.2, 0.25) is 0 Å². The molecule has 0 saturated carbocycles. The SMILES string of the molecule is [C-]#[N+]c1cc([N+]#[C-])cc(-c2ccc3c(c2)c2ccccc2n3-c2ccc(C(F)(F)F)c(-c3cc(-n4c5ccccc5c5cc(-c6cc(C#N)cc(C#N)c6)ccc54)ccc3C)c2)c1. The van der Waals surface area contributed by atoms with E-state index in [1.54, 1.807) is 42.5 Å². The summed E-state index contributed by atoms with van der Waals surface area (Å²) >= 11 is 0. The van der Waals surface area contributed by atoms with Gasteiger partial charge in [-0.15, -0.1) is 0 Å². The summed E-state index contributed by atoms with van der Waals surface area (Å²) in [6.07, 6.45) is -4.66. The number of fused-ring (bicyclic) bond motifs is 6. The minimum absolute atomic E-state index is 0.0401. The summed E-state index contributed by atoms with van der Waals surface area (Å²) in [6.45, 7) is 16.9. The summed E-state index contributed by atoms with van der Waals surface area (Å²) in [5.41, 5.74) is 9.48. The fourth-order valence-electron chi connectivity index (χ4n) is 8.86. The quantitative estimate of drug-likeness (QED) is 0.162. The molecule has 0 amide bonds. The van der Waals surface area contributed by atoms with Crippen LogP contribution in [0.25, 0.3) is 98.1 Å². The van der Waals surface area contributed by atoms with Gasteiger partial charge in [0.25, 0.3) is 0 Å². The molecule has 6 nitrogen and oxygen atoms in total. The van der Waals surface area contributed by atoms with Crippen molar-refractivity contribution in [1.29, 1.82) is 10.5 Å². The van der Waals surface area contributed by atoms with E-state index in [0.717, 1.165) is 71.9 Å². The summed E-state index contributed by atoms with van der Waals surface area (Å²) in [5.74, 6) is 0. The highest BCUT2D eigenvalue weighted by Gasteiger charge is 2.34. The van der Waals surface area contributed by atoms with Crippen molar-refractivity contribution in [3.63, 3.8) is 0 Å². The predicted octanol–water partition coefficient (Wildman–Crippen LogP) is 15.1. The molecule has 0 bridgehead atoms. The fourth-order valence-corrected chi connectivity index (χ4v) is 8.86. The number of hydrogen-bond donors (Lipinski definition) is 0. The van der Waals surface area contributed by atoms with Gasteiger partial charge in [-0.3, -0.25) is 0 Å². The smallest absolute Gasteiger partial charge is 0.309 e. The van der Waals surface area contributed by atoms with Gasteiger partial charge in [-0.05, 0) is 131 Å². The maximum atomic E-state index is 15.1. The van der Waals surface area contributed by atoms with Gasteiger partial charge in [0.1, 0.15) is 0 Å². The van der Waals surface area contributed by atoms with E-state index in [0.29, 0.717) is 45.0 Å². The molecule has 63 heavy (non-hydrogen) atoms. The first-order valence-corrected chi connectivity index (χ1v) is 19.8. The molecule has 296 valence electrons. The number of nitriles is 2. The highest BCUT2D eigenvalue weighted by molar-refractivity contribution is 6.12. The molecule has 10 rings (SSSR count). The number of nitrogens with zero attached hydrogens (tertiary/aromatic N) is 6. The van der Waals surface area contributed by atoms with Gasteiger partial charge in [0, 0.05) is 32.9 Å². The maximum Gasteiger partial charge on any atom is 0.417 e. The third kappa shape index (κ3) is 6.41. The molecule has 0 atom stereocenters. The van der Waals surface area contributed by atoms with Crippen LogP contribution >= 0.6 is 0 Å². The molecule has 9 heteroatoms. The van der Waals surface area contributed by atoms with Crippen LogP contribution in [0.1, 0.15) is 22.3 Å². The molecule has 2 aromatic heterocycles. The average Bonchev–Trinajstić information content (AvgIpc) is 3.83. The zero-order chi connectivity index (χ0) is 43.6. The standard InChI is InChI=1S/C54H29F3N6/c1-32-12-15-41(62-50-10-6-4-8-43(50)47-25-35(13-18-52(47)62)37-21-33(30-58)20-34(22-37)31-59)28-45(32)46-29-42(16-17-49(46)54(55,56)57)63-51-11-7-5-9-44(51)48-26-36(14-19-53(48)63)38-23-39(60-2)27-40(24-38)61-3/h4-29H,1H3. The summed E-state index contributed by atoms with van der Waals surface area (Å²) in [6, 6.07) is 51.7. The fraction of sp³-hybridized carbons (Fsp3) is 0.0370. The molecule has 0 N–H and O–H groups in total. The Morgan fingerprint density at radius 3 is 1.46 bits per heavy atom. The van der Waals surface area contributed by atoms with E-state index < -0.39 is 11.7 Å². The molecule has 0 fully saturated rings. The zero-order valence-corrected chi connectivity index (χ0v) is 33.3. The minimum Gasteiger partial charge on any atom is -0.309 e. The Hall–Kier alpha value is -8.89. The lowest BCUT2D eigenvalue weighted by Crippen LogP contribution is -2.09. The molecule has 0 unspecified atom stereocenters. The molecule has 8 aromatic carbocycles. The summed E-state index contributed by atoms with van der Waals surface area (Å²) < 4.78 is 49.5. The predicted molar refractivity (Wildman–Crippen MR) is 243 cm³/mol. The second kappa shape index (κ2) is 14.7.